The monoisotopic (exact) mass is 346 g/mol. The maximum atomic E-state index is 12.0. The summed E-state index contributed by atoms with van der Waals surface area (Å²) in [5.74, 6) is -0.328. The first kappa shape index (κ1) is 17.6. The minimum atomic E-state index is -0.328. The number of amides is 1. The van der Waals surface area contributed by atoms with E-state index in [-0.39, 0.29) is 5.91 Å². The minimum Gasteiger partial charge on any atom is -0.318 e. The van der Waals surface area contributed by atoms with Crippen molar-refractivity contribution < 1.29 is 4.79 Å². The number of hydrogen-bond acceptors (Lipinski definition) is 3. The molecule has 2 aromatic heterocycles. The smallest absolute Gasteiger partial charge is 0.289 e. The van der Waals surface area contributed by atoms with Gasteiger partial charge in [-0.2, -0.15) is 5.10 Å². The van der Waals surface area contributed by atoms with Crippen molar-refractivity contribution in [3.05, 3.63) is 82.9 Å². The highest BCUT2D eigenvalue weighted by Gasteiger charge is 2.10. The molecular weight excluding hydrogens is 324 g/mol. The molecule has 1 amide bonds. The molecule has 3 aromatic rings. The summed E-state index contributed by atoms with van der Waals surface area (Å²) in [7, 11) is 0. The standard InChI is InChI=1S/C21H22N4O/c1-4-17-8-10-19(11-9-17)25-15(2)13-18(16(25)3)14-23-24-21(26)20-7-5-6-12-22-20/h5-14H,4H2,1-3H3,(H,24,26)/b23-14-. The Kier molecular flexibility index (Phi) is 5.27. The summed E-state index contributed by atoms with van der Waals surface area (Å²) in [5, 5.41) is 4.08. The molecule has 0 atom stereocenters. The van der Waals surface area contributed by atoms with Crippen LogP contribution in [-0.2, 0) is 6.42 Å². The van der Waals surface area contributed by atoms with Gasteiger partial charge in [0.15, 0.2) is 0 Å². The second kappa shape index (κ2) is 7.78. The number of hydrogen-bond donors (Lipinski definition) is 1. The van der Waals surface area contributed by atoms with E-state index in [1.807, 2.05) is 6.92 Å². The zero-order valence-corrected chi connectivity index (χ0v) is 15.2. The largest absolute Gasteiger partial charge is 0.318 e. The third kappa shape index (κ3) is 3.72. The lowest BCUT2D eigenvalue weighted by atomic mass is 10.1. The van der Waals surface area contributed by atoms with Gasteiger partial charge in [0.2, 0.25) is 0 Å². The SMILES string of the molecule is CCc1ccc(-n2c(C)cc(/C=N\NC(=O)c3ccccn3)c2C)cc1. The van der Waals surface area contributed by atoms with Crippen LogP contribution in [0.25, 0.3) is 5.69 Å². The number of rotatable bonds is 5. The number of carbonyl (C=O) groups is 1. The van der Waals surface area contributed by atoms with Crippen molar-refractivity contribution in [3.63, 3.8) is 0 Å². The number of aromatic nitrogens is 2. The molecule has 0 fully saturated rings. The normalized spacial score (nSPS) is 11.0. The Morgan fingerprint density at radius 2 is 1.96 bits per heavy atom. The molecule has 1 aromatic carbocycles. The van der Waals surface area contributed by atoms with Crippen molar-refractivity contribution >= 4 is 12.1 Å². The third-order valence-corrected chi connectivity index (χ3v) is 4.34. The van der Waals surface area contributed by atoms with Gasteiger partial charge in [-0.3, -0.25) is 9.78 Å². The molecule has 0 unspecified atom stereocenters. The lowest BCUT2D eigenvalue weighted by Crippen LogP contribution is -2.18. The predicted molar refractivity (Wildman–Crippen MR) is 104 cm³/mol. The molecule has 0 spiro atoms. The minimum absolute atomic E-state index is 0.328. The van der Waals surface area contributed by atoms with Crippen molar-refractivity contribution in [2.45, 2.75) is 27.2 Å². The summed E-state index contributed by atoms with van der Waals surface area (Å²) in [6, 6.07) is 15.8. The Hall–Kier alpha value is -3.21. The fourth-order valence-corrected chi connectivity index (χ4v) is 2.91. The van der Waals surface area contributed by atoms with E-state index in [1.54, 1.807) is 30.6 Å². The van der Waals surface area contributed by atoms with Crippen LogP contribution in [0.4, 0.5) is 0 Å². The van der Waals surface area contributed by atoms with Gasteiger partial charge in [0.1, 0.15) is 5.69 Å². The van der Waals surface area contributed by atoms with E-state index < -0.39 is 0 Å². The number of hydrazone groups is 1. The third-order valence-electron chi connectivity index (χ3n) is 4.34. The Morgan fingerprint density at radius 3 is 2.62 bits per heavy atom. The number of carbonyl (C=O) groups excluding carboxylic acids is 1. The Balaban J connectivity index is 1.78. The number of aryl methyl sites for hydroxylation is 2. The first-order chi connectivity index (χ1) is 12.6. The highest BCUT2D eigenvalue weighted by Crippen LogP contribution is 2.20. The van der Waals surface area contributed by atoms with E-state index in [9.17, 15) is 4.79 Å². The molecule has 1 N–H and O–H groups in total. The summed E-state index contributed by atoms with van der Waals surface area (Å²) < 4.78 is 2.18. The lowest BCUT2D eigenvalue weighted by molar-refractivity contribution is 0.0950. The molecule has 0 radical (unpaired) electrons. The summed E-state index contributed by atoms with van der Waals surface area (Å²) in [5.41, 5.74) is 8.44. The fourth-order valence-electron chi connectivity index (χ4n) is 2.91. The highest BCUT2D eigenvalue weighted by atomic mass is 16.2. The van der Waals surface area contributed by atoms with Gasteiger partial charge in [-0.05, 0) is 56.2 Å². The summed E-state index contributed by atoms with van der Waals surface area (Å²) in [6.07, 6.45) is 4.27. The summed E-state index contributed by atoms with van der Waals surface area (Å²) in [4.78, 5) is 16.0. The van der Waals surface area contributed by atoms with Crippen LogP contribution in [-0.4, -0.2) is 21.7 Å². The summed E-state index contributed by atoms with van der Waals surface area (Å²) >= 11 is 0. The number of nitrogens with one attached hydrogen (secondary N) is 1. The lowest BCUT2D eigenvalue weighted by Gasteiger charge is -2.10. The molecule has 26 heavy (non-hydrogen) atoms. The van der Waals surface area contributed by atoms with Crippen LogP contribution in [0.5, 0.6) is 0 Å². The van der Waals surface area contributed by atoms with Crippen LogP contribution >= 0.6 is 0 Å². The van der Waals surface area contributed by atoms with E-state index >= 15 is 0 Å². The van der Waals surface area contributed by atoms with Gasteiger partial charge in [0, 0.05) is 28.8 Å². The molecule has 0 aliphatic heterocycles. The van der Waals surface area contributed by atoms with Crippen LogP contribution in [0, 0.1) is 13.8 Å². The Bertz CT molecular complexity index is 925. The van der Waals surface area contributed by atoms with Crippen LogP contribution < -0.4 is 5.43 Å². The predicted octanol–water partition coefficient (Wildman–Crippen LogP) is 3.82. The summed E-state index contributed by atoms with van der Waals surface area (Å²) in [6.45, 7) is 6.25. The van der Waals surface area contributed by atoms with Crippen LogP contribution in [0.3, 0.4) is 0 Å². The molecule has 0 aliphatic carbocycles. The fraction of sp³-hybridized carbons (Fsp3) is 0.190. The van der Waals surface area contributed by atoms with Gasteiger partial charge >= 0.3 is 0 Å². The van der Waals surface area contributed by atoms with Crippen molar-refractivity contribution in [1.82, 2.24) is 15.0 Å². The molecule has 5 nitrogen and oxygen atoms in total. The zero-order chi connectivity index (χ0) is 18.5. The van der Waals surface area contributed by atoms with Gasteiger partial charge in [-0.15, -0.1) is 0 Å². The van der Waals surface area contributed by atoms with E-state index in [2.05, 4.69) is 64.3 Å². The molecule has 132 valence electrons. The first-order valence-electron chi connectivity index (χ1n) is 8.63. The van der Waals surface area contributed by atoms with Crippen molar-refractivity contribution in [2.24, 2.45) is 5.10 Å². The average molecular weight is 346 g/mol. The molecule has 0 aliphatic rings. The van der Waals surface area contributed by atoms with Crippen LogP contribution in [0.2, 0.25) is 0 Å². The molecule has 5 heteroatoms. The van der Waals surface area contributed by atoms with E-state index in [1.165, 1.54) is 5.56 Å². The van der Waals surface area contributed by atoms with E-state index in [0.717, 1.165) is 29.1 Å². The molecule has 3 rings (SSSR count). The van der Waals surface area contributed by atoms with Gasteiger partial charge in [0.05, 0.1) is 6.21 Å². The van der Waals surface area contributed by atoms with E-state index in [4.69, 9.17) is 0 Å². The van der Waals surface area contributed by atoms with Crippen molar-refractivity contribution in [1.29, 1.82) is 0 Å². The van der Waals surface area contributed by atoms with Gasteiger partial charge in [-0.25, -0.2) is 5.43 Å². The maximum absolute atomic E-state index is 12.0. The molecule has 0 bridgehead atoms. The van der Waals surface area contributed by atoms with E-state index in [0.29, 0.717) is 5.69 Å². The van der Waals surface area contributed by atoms with Crippen LogP contribution in [0.1, 0.15) is 39.9 Å². The second-order valence-electron chi connectivity index (χ2n) is 6.10. The van der Waals surface area contributed by atoms with Gasteiger partial charge in [-0.1, -0.05) is 25.1 Å². The Morgan fingerprint density at radius 1 is 1.19 bits per heavy atom. The quantitative estimate of drug-likeness (QED) is 0.564. The van der Waals surface area contributed by atoms with Gasteiger partial charge in [0.25, 0.3) is 5.91 Å². The zero-order valence-electron chi connectivity index (χ0n) is 15.2. The Labute approximate surface area is 153 Å². The first-order valence-corrected chi connectivity index (χ1v) is 8.63. The number of pyridine rings is 1. The van der Waals surface area contributed by atoms with Crippen molar-refractivity contribution in [2.75, 3.05) is 0 Å². The molecular formula is C21H22N4O. The van der Waals surface area contributed by atoms with Gasteiger partial charge < -0.3 is 4.57 Å². The highest BCUT2D eigenvalue weighted by molar-refractivity contribution is 5.93. The number of benzene rings is 1. The average Bonchev–Trinajstić information content (AvgIpc) is 2.96. The molecule has 0 saturated heterocycles. The topological polar surface area (TPSA) is 59.3 Å². The number of nitrogens with zero attached hydrogens (tertiary/aromatic N) is 3. The van der Waals surface area contributed by atoms with Crippen molar-refractivity contribution in [3.8, 4) is 5.69 Å². The van der Waals surface area contributed by atoms with Crippen LogP contribution in [0.15, 0.2) is 59.8 Å². The second-order valence-corrected chi connectivity index (χ2v) is 6.10. The maximum Gasteiger partial charge on any atom is 0.289 e. The molecule has 2 heterocycles. The molecule has 0 saturated carbocycles.